The summed E-state index contributed by atoms with van der Waals surface area (Å²) in [5.41, 5.74) is -0.546. The third-order valence-corrected chi connectivity index (χ3v) is 4.26. The van der Waals surface area contributed by atoms with Gasteiger partial charge in [-0.25, -0.2) is 0 Å². The van der Waals surface area contributed by atoms with E-state index in [1.165, 1.54) is 6.42 Å². The van der Waals surface area contributed by atoms with Gasteiger partial charge in [-0.15, -0.1) is 0 Å². The van der Waals surface area contributed by atoms with Gasteiger partial charge in [-0.1, -0.05) is 20.8 Å². The molecule has 5 heteroatoms. The third-order valence-electron chi connectivity index (χ3n) is 4.26. The molecule has 0 bridgehead atoms. The van der Waals surface area contributed by atoms with E-state index in [0.29, 0.717) is 19.1 Å². The number of carboxylic acid groups (broad SMARTS) is 1. The summed E-state index contributed by atoms with van der Waals surface area (Å²) in [6.45, 7) is 8.80. The van der Waals surface area contributed by atoms with E-state index in [1.807, 2.05) is 20.8 Å². The van der Waals surface area contributed by atoms with Gasteiger partial charge in [0.15, 0.2) is 0 Å². The van der Waals surface area contributed by atoms with Gasteiger partial charge >= 0.3 is 5.97 Å². The molecule has 2 rings (SSSR count). The number of aliphatic carboxylic acids is 1. The first kappa shape index (κ1) is 14.3. The van der Waals surface area contributed by atoms with Crippen molar-refractivity contribution in [3.05, 3.63) is 0 Å². The normalized spacial score (nSPS) is 26.1. The maximum atomic E-state index is 12.5. The van der Waals surface area contributed by atoms with Crippen LogP contribution >= 0.6 is 0 Å². The SMILES string of the molecule is CC(C)(C)C(C(=O)O)C(=O)N1CCN2CCCC2C1. The van der Waals surface area contributed by atoms with Crippen LogP contribution in [0.15, 0.2) is 0 Å². The highest BCUT2D eigenvalue weighted by atomic mass is 16.4. The Hall–Kier alpha value is -1.10. The molecule has 0 aromatic heterocycles. The average Bonchev–Trinajstić information content (AvgIpc) is 2.72. The monoisotopic (exact) mass is 268 g/mol. The van der Waals surface area contributed by atoms with E-state index in [2.05, 4.69) is 4.90 Å². The molecule has 2 atom stereocenters. The van der Waals surface area contributed by atoms with Crippen molar-refractivity contribution in [3.8, 4) is 0 Å². The maximum Gasteiger partial charge on any atom is 0.316 e. The van der Waals surface area contributed by atoms with Crippen molar-refractivity contribution in [1.29, 1.82) is 0 Å². The molecule has 2 fully saturated rings. The standard InChI is InChI=1S/C14H24N2O3/c1-14(2,3)11(13(18)19)12(17)16-8-7-15-6-4-5-10(15)9-16/h10-11H,4-9H2,1-3H3,(H,18,19). The Bertz CT molecular complexity index is 375. The van der Waals surface area contributed by atoms with E-state index < -0.39 is 17.3 Å². The Kier molecular flexibility index (Phi) is 3.85. The fourth-order valence-corrected chi connectivity index (χ4v) is 3.22. The van der Waals surface area contributed by atoms with Gasteiger partial charge in [0, 0.05) is 25.7 Å². The lowest BCUT2D eigenvalue weighted by atomic mass is 9.79. The predicted octanol–water partition coefficient (Wildman–Crippen LogP) is 1.04. The second kappa shape index (κ2) is 5.12. The van der Waals surface area contributed by atoms with Gasteiger partial charge in [-0.05, 0) is 24.8 Å². The highest BCUT2D eigenvalue weighted by Crippen LogP contribution is 2.30. The van der Waals surface area contributed by atoms with Crippen molar-refractivity contribution < 1.29 is 14.7 Å². The van der Waals surface area contributed by atoms with Gasteiger partial charge in [-0.3, -0.25) is 14.5 Å². The van der Waals surface area contributed by atoms with Crippen LogP contribution in [0.25, 0.3) is 0 Å². The molecule has 0 aliphatic carbocycles. The number of carboxylic acids is 1. The molecule has 108 valence electrons. The van der Waals surface area contributed by atoms with Crippen molar-refractivity contribution in [2.45, 2.75) is 39.7 Å². The number of hydrogen-bond donors (Lipinski definition) is 1. The van der Waals surface area contributed by atoms with Gasteiger partial charge < -0.3 is 10.0 Å². The molecule has 2 aliphatic rings. The predicted molar refractivity (Wildman–Crippen MR) is 71.8 cm³/mol. The lowest BCUT2D eigenvalue weighted by Crippen LogP contribution is -2.55. The maximum absolute atomic E-state index is 12.5. The van der Waals surface area contributed by atoms with Crippen LogP contribution in [0.1, 0.15) is 33.6 Å². The zero-order valence-corrected chi connectivity index (χ0v) is 12.1. The Morgan fingerprint density at radius 1 is 1.21 bits per heavy atom. The lowest BCUT2D eigenvalue weighted by molar-refractivity contribution is -0.157. The first-order chi connectivity index (χ1) is 8.80. The van der Waals surface area contributed by atoms with Crippen molar-refractivity contribution in [1.82, 2.24) is 9.80 Å². The van der Waals surface area contributed by atoms with Crippen molar-refractivity contribution in [3.63, 3.8) is 0 Å². The molecular formula is C14H24N2O3. The molecular weight excluding hydrogens is 244 g/mol. The second-order valence-electron chi connectivity index (χ2n) is 6.75. The molecule has 0 aromatic carbocycles. The van der Waals surface area contributed by atoms with Crippen LogP contribution < -0.4 is 0 Å². The number of amides is 1. The van der Waals surface area contributed by atoms with Crippen molar-refractivity contribution in [2.75, 3.05) is 26.2 Å². The number of hydrogen-bond acceptors (Lipinski definition) is 3. The summed E-state index contributed by atoms with van der Waals surface area (Å²) < 4.78 is 0. The largest absolute Gasteiger partial charge is 0.481 e. The number of carbonyl (C=O) groups excluding carboxylic acids is 1. The average molecular weight is 268 g/mol. The fourth-order valence-electron chi connectivity index (χ4n) is 3.22. The number of piperazine rings is 1. The molecule has 1 N–H and O–H groups in total. The molecule has 2 heterocycles. The summed E-state index contributed by atoms with van der Waals surface area (Å²) in [5.74, 6) is -2.17. The van der Waals surface area contributed by atoms with Gasteiger partial charge in [0.2, 0.25) is 5.91 Å². The molecule has 2 aliphatic heterocycles. The van der Waals surface area contributed by atoms with E-state index in [4.69, 9.17) is 0 Å². The van der Waals surface area contributed by atoms with E-state index in [9.17, 15) is 14.7 Å². The molecule has 0 aromatic rings. The van der Waals surface area contributed by atoms with Crippen LogP contribution in [-0.2, 0) is 9.59 Å². The van der Waals surface area contributed by atoms with E-state index in [0.717, 1.165) is 19.5 Å². The van der Waals surface area contributed by atoms with Gasteiger partial charge in [0.25, 0.3) is 0 Å². The molecule has 19 heavy (non-hydrogen) atoms. The molecule has 0 spiro atoms. The number of rotatable bonds is 2. The first-order valence-corrected chi connectivity index (χ1v) is 7.06. The summed E-state index contributed by atoms with van der Waals surface area (Å²) in [7, 11) is 0. The van der Waals surface area contributed by atoms with E-state index in [-0.39, 0.29) is 5.91 Å². The first-order valence-electron chi connectivity index (χ1n) is 7.06. The van der Waals surface area contributed by atoms with E-state index >= 15 is 0 Å². The van der Waals surface area contributed by atoms with Crippen LogP contribution in [0.2, 0.25) is 0 Å². The van der Waals surface area contributed by atoms with Crippen LogP contribution in [0.3, 0.4) is 0 Å². The molecule has 0 saturated carbocycles. The summed E-state index contributed by atoms with van der Waals surface area (Å²) >= 11 is 0. The van der Waals surface area contributed by atoms with Gasteiger partial charge in [0.05, 0.1) is 0 Å². The number of carbonyl (C=O) groups is 2. The molecule has 1 amide bonds. The summed E-state index contributed by atoms with van der Waals surface area (Å²) in [5, 5.41) is 9.34. The number of nitrogens with zero attached hydrogens (tertiary/aromatic N) is 2. The number of fused-ring (bicyclic) bond motifs is 1. The Labute approximate surface area is 114 Å². The van der Waals surface area contributed by atoms with Crippen LogP contribution in [0.5, 0.6) is 0 Å². The molecule has 5 nitrogen and oxygen atoms in total. The zero-order valence-electron chi connectivity index (χ0n) is 12.1. The van der Waals surface area contributed by atoms with Crippen LogP contribution in [0, 0.1) is 11.3 Å². The second-order valence-corrected chi connectivity index (χ2v) is 6.75. The van der Waals surface area contributed by atoms with Crippen molar-refractivity contribution in [2.24, 2.45) is 11.3 Å². The Balaban J connectivity index is 2.08. The summed E-state index contributed by atoms with van der Waals surface area (Å²) in [4.78, 5) is 28.1. The minimum atomic E-state index is -1.01. The van der Waals surface area contributed by atoms with Crippen LogP contribution in [-0.4, -0.2) is 59.0 Å². The summed E-state index contributed by atoms with van der Waals surface area (Å²) in [6.07, 6.45) is 2.31. The lowest BCUT2D eigenvalue weighted by Gasteiger charge is -2.40. The molecule has 2 unspecified atom stereocenters. The summed E-state index contributed by atoms with van der Waals surface area (Å²) in [6, 6.07) is 0.437. The highest BCUT2D eigenvalue weighted by Gasteiger charge is 2.42. The topological polar surface area (TPSA) is 60.9 Å². The Morgan fingerprint density at radius 3 is 2.47 bits per heavy atom. The van der Waals surface area contributed by atoms with Gasteiger partial charge in [-0.2, -0.15) is 0 Å². The van der Waals surface area contributed by atoms with E-state index in [1.54, 1.807) is 4.90 Å². The third kappa shape index (κ3) is 2.91. The molecule has 0 radical (unpaired) electrons. The minimum absolute atomic E-state index is 0.216. The fraction of sp³-hybridized carbons (Fsp3) is 0.857. The molecule has 2 saturated heterocycles. The minimum Gasteiger partial charge on any atom is -0.481 e. The van der Waals surface area contributed by atoms with Crippen molar-refractivity contribution >= 4 is 11.9 Å². The zero-order chi connectivity index (χ0) is 14.2. The highest BCUT2D eigenvalue weighted by molar-refractivity contribution is 5.97. The quantitative estimate of drug-likeness (QED) is 0.760. The van der Waals surface area contributed by atoms with Gasteiger partial charge in [0.1, 0.15) is 5.92 Å². The smallest absolute Gasteiger partial charge is 0.316 e. The van der Waals surface area contributed by atoms with Crippen LogP contribution in [0.4, 0.5) is 0 Å². The Morgan fingerprint density at radius 2 is 1.89 bits per heavy atom.